The maximum Gasteiger partial charge on any atom is 0.335 e. The summed E-state index contributed by atoms with van der Waals surface area (Å²) in [4.78, 5) is 24.3. The molecule has 4 nitrogen and oxygen atoms in total. The van der Waals surface area contributed by atoms with Crippen LogP contribution in [0.3, 0.4) is 0 Å². The van der Waals surface area contributed by atoms with Gasteiger partial charge < -0.3 is 10.4 Å². The van der Waals surface area contributed by atoms with Crippen molar-refractivity contribution in [1.82, 2.24) is 5.32 Å². The number of rotatable bonds is 4. The number of benzene rings is 2. The van der Waals surface area contributed by atoms with Gasteiger partial charge >= 0.3 is 5.97 Å². The van der Waals surface area contributed by atoms with Crippen LogP contribution in [-0.2, 0) is 0 Å². The minimum absolute atomic E-state index is 0.164. The van der Waals surface area contributed by atoms with Gasteiger partial charge in [-0.3, -0.25) is 4.79 Å². The summed E-state index contributed by atoms with van der Waals surface area (Å²) in [6.45, 7) is 0. The van der Waals surface area contributed by atoms with E-state index in [2.05, 4.69) is 5.32 Å². The number of hydrogen-bond acceptors (Lipinski definition) is 3. The Hall–Kier alpha value is -2.27. The number of hydrogen-bond donors (Lipinski definition) is 2. The van der Waals surface area contributed by atoms with Crippen LogP contribution in [0, 0.1) is 0 Å². The molecule has 0 aliphatic rings. The van der Waals surface area contributed by atoms with Crippen molar-refractivity contribution in [3.05, 3.63) is 59.7 Å². The predicted molar refractivity (Wildman–Crippen MR) is 77.4 cm³/mol. The summed E-state index contributed by atoms with van der Waals surface area (Å²) < 4.78 is 0. The molecule has 0 atom stereocenters. The highest BCUT2D eigenvalue weighted by molar-refractivity contribution is 7.99. The lowest BCUT2D eigenvalue weighted by Gasteiger charge is -2.08. The minimum Gasteiger partial charge on any atom is -0.478 e. The van der Waals surface area contributed by atoms with Gasteiger partial charge in [0.05, 0.1) is 11.1 Å². The third-order valence-corrected chi connectivity index (χ3v) is 3.73. The molecule has 0 saturated carbocycles. The van der Waals surface area contributed by atoms with Crippen LogP contribution in [0.4, 0.5) is 0 Å². The Morgan fingerprint density at radius 3 is 2.55 bits per heavy atom. The molecule has 0 radical (unpaired) electrons. The lowest BCUT2D eigenvalue weighted by atomic mass is 10.2. The Labute approximate surface area is 120 Å². The van der Waals surface area contributed by atoms with Gasteiger partial charge in [0.2, 0.25) is 0 Å². The van der Waals surface area contributed by atoms with Crippen LogP contribution in [0.15, 0.2) is 58.3 Å². The molecule has 0 bridgehead atoms. The summed E-state index contributed by atoms with van der Waals surface area (Å²) in [7, 11) is 1.58. The normalized spacial score (nSPS) is 10.1. The smallest absolute Gasteiger partial charge is 0.335 e. The Balaban J connectivity index is 2.33. The molecule has 5 heteroatoms. The molecule has 0 heterocycles. The largest absolute Gasteiger partial charge is 0.478 e. The maximum absolute atomic E-state index is 11.8. The Kier molecular flexibility index (Phi) is 4.42. The van der Waals surface area contributed by atoms with Crippen molar-refractivity contribution >= 4 is 23.6 Å². The van der Waals surface area contributed by atoms with Crippen LogP contribution < -0.4 is 5.32 Å². The van der Waals surface area contributed by atoms with Crippen molar-refractivity contribution < 1.29 is 14.7 Å². The molecule has 20 heavy (non-hydrogen) atoms. The number of carbonyl (C=O) groups excluding carboxylic acids is 1. The van der Waals surface area contributed by atoms with E-state index in [9.17, 15) is 9.59 Å². The fourth-order valence-corrected chi connectivity index (χ4v) is 2.70. The van der Waals surface area contributed by atoms with Gasteiger partial charge in [-0.25, -0.2) is 4.79 Å². The van der Waals surface area contributed by atoms with E-state index in [4.69, 9.17) is 5.11 Å². The highest BCUT2D eigenvalue weighted by Crippen LogP contribution is 2.30. The van der Waals surface area contributed by atoms with Crippen LogP contribution in [0.1, 0.15) is 20.7 Å². The quantitative estimate of drug-likeness (QED) is 0.907. The van der Waals surface area contributed by atoms with Crippen LogP contribution in [0.5, 0.6) is 0 Å². The summed E-state index contributed by atoms with van der Waals surface area (Å²) in [6, 6.07) is 13.8. The van der Waals surface area contributed by atoms with Crippen molar-refractivity contribution in [2.75, 3.05) is 7.05 Å². The average molecular weight is 287 g/mol. The van der Waals surface area contributed by atoms with Gasteiger partial charge in [-0.15, -0.1) is 0 Å². The molecule has 0 unspecified atom stereocenters. The first-order valence-electron chi connectivity index (χ1n) is 5.94. The summed E-state index contributed by atoms with van der Waals surface area (Å²) in [6.07, 6.45) is 0. The lowest BCUT2D eigenvalue weighted by molar-refractivity contribution is 0.0696. The number of amides is 1. The molecule has 2 rings (SSSR count). The monoisotopic (exact) mass is 287 g/mol. The third kappa shape index (κ3) is 3.19. The molecule has 0 saturated heterocycles. The number of carboxylic acid groups (broad SMARTS) is 1. The summed E-state index contributed by atoms with van der Waals surface area (Å²) in [5, 5.41) is 11.6. The summed E-state index contributed by atoms with van der Waals surface area (Å²) in [5.41, 5.74) is 0.799. The molecule has 0 fully saturated rings. The first kappa shape index (κ1) is 14.1. The highest BCUT2D eigenvalue weighted by atomic mass is 32.2. The van der Waals surface area contributed by atoms with E-state index in [0.717, 1.165) is 9.79 Å². The summed E-state index contributed by atoms with van der Waals surface area (Å²) >= 11 is 1.37. The molecule has 0 aromatic heterocycles. The van der Waals surface area contributed by atoms with Crippen LogP contribution >= 0.6 is 11.8 Å². The predicted octanol–water partition coefficient (Wildman–Crippen LogP) is 2.90. The van der Waals surface area contributed by atoms with E-state index in [-0.39, 0.29) is 11.5 Å². The van der Waals surface area contributed by atoms with Crippen LogP contribution in [-0.4, -0.2) is 24.0 Å². The van der Waals surface area contributed by atoms with Gasteiger partial charge in [-0.2, -0.15) is 0 Å². The van der Waals surface area contributed by atoms with E-state index in [1.54, 1.807) is 31.3 Å². The highest BCUT2D eigenvalue weighted by Gasteiger charge is 2.11. The van der Waals surface area contributed by atoms with Crippen molar-refractivity contribution in [2.45, 2.75) is 9.79 Å². The van der Waals surface area contributed by atoms with Gasteiger partial charge in [-0.05, 0) is 30.3 Å². The van der Waals surface area contributed by atoms with E-state index in [1.807, 2.05) is 18.2 Å². The zero-order valence-electron chi connectivity index (χ0n) is 10.8. The molecule has 0 aliphatic heterocycles. The minimum atomic E-state index is -0.966. The fraction of sp³-hybridized carbons (Fsp3) is 0.0667. The second-order valence-electron chi connectivity index (χ2n) is 4.01. The summed E-state index contributed by atoms with van der Waals surface area (Å²) in [5.74, 6) is -1.13. The van der Waals surface area contributed by atoms with Crippen LogP contribution in [0.25, 0.3) is 0 Å². The zero-order valence-corrected chi connectivity index (χ0v) is 11.6. The molecule has 2 N–H and O–H groups in total. The Bertz CT molecular complexity index is 655. The Morgan fingerprint density at radius 2 is 1.85 bits per heavy atom. The zero-order chi connectivity index (χ0) is 14.5. The SMILES string of the molecule is CNC(=O)c1ccccc1Sc1cccc(C(=O)O)c1. The van der Waals surface area contributed by atoms with Gasteiger partial charge in [0.25, 0.3) is 5.91 Å². The topological polar surface area (TPSA) is 66.4 Å². The van der Waals surface area contributed by atoms with Crippen molar-refractivity contribution in [1.29, 1.82) is 0 Å². The van der Waals surface area contributed by atoms with Gasteiger partial charge in [0.1, 0.15) is 0 Å². The number of aromatic carboxylic acids is 1. The first-order valence-corrected chi connectivity index (χ1v) is 6.76. The number of carboxylic acids is 1. The molecule has 2 aromatic carbocycles. The second kappa shape index (κ2) is 6.25. The molecular weight excluding hydrogens is 274 g/mol. The first-order chi connectivity index (χ1) is 9.61. The van der Waals surface area contributed by atoms with E-state index in [0.29, 0.717) is 5.56 Å². The van der Waals surface area contributed by atoms with Crippen molar-refractivity contribution in [2.24, 2.45) is 0 Å². The lowest BCUT2D eigenvalue weighted by Crippen LogP contribution is -2.18. The van der Waals surface area contributed by atoms with Gasteiger partial charge in [0.15, 0.2) is 0 Å². The van der Waals surface area contributed by atoms with Gasteiger partial charge in [-0.1, -0.05) is 30.0 Å². The molecular formula is C15H13NO3S. The number of carbonyl (C=O) groups is 2. The Morgan fingerprint density at radius 1 is 1.10 bits per heavy atom. The maximum atomic E-state index is 11.8. The van der Waals surface area contributed by atoms with E-state index >= 15 is 0 Å². The third-order valence-electron chi connectivity index (χ3n) is 2.67. The van der Waals surface area contributed by atoms with Gasteiger partial charge in [0, 0.05) is 16.8 Å². The molecule has 1 amide bonds. The molecule has 2 aromatic rings. The average Bonchev–Trinajstić information content (AvgIpc) is 2.47. The second-order valence-corrected chi connectivity index (χ2v) is 5.13. The van der Waals surface area contributed by atoms with E-state index < -0.39 is 5.97 Å². The van der Waals surface area contributed by atoms with Crippen molar-refractivity contribution in [3.63, 3.8) is 0 Å². The van der Waals surface area contributed by atoms with Crippen LogP contribution in [0.2, 0.25) is 0 Å². The molecule has 0 aliphatic carbocycles. The molecule has 0 spiro atoms. The number of nitrogens with one attached hydrogen (secondary N) is 1. The van der Waals surface area contributed by atoms with Crippen molar-refractivity contribution in [3.8, 4) is 0 Å². The fourth-order valence-electron chi connectivity index (χ4n) is 1.70. The standard InChI is InChI=1S/C15H13NO3S/c1-16-14(17)12-7-2-3-8-13(12)20-11-6-4-5-10(9-11)15(18)19/h2-9H,1H3,(H,16,17)(H,18,19). The molecule has 102 valence electrons. The van der Waals surface area contributed by atoms with E-state index in [1.165, 1.54) is 17.8 Å².